The Morgan fingerprint density at radius 1 is 0.600 bits per heavy atom. The number of nitro groups is 4. The second kappa shape index (κ2) is 12.1. The van der Waals surface area contributed by atoms with Crippen LogP contribution in [0, 0.1) is 40.5 Å². The van der Waals surface area contributed by atoms with Crippen molar-refractivity contribution in [3.63, 3.8) is 0 Å². The number of benzene rings is 3. The zero-order chi connectivity index (χ0) is 29.4. The Labute approximate surface area is 221 Å². The maximum absolute atomic E-state index is 11.5. The first-order chi connectivity index (χ1) is 19.0. The van der Waals surface area contributed by atoms with E-state index in [2.05, 4.69) is 20.1 Å². The average molecular weight is 544 g/mol. The van der Waals surface area contributed by atoms with E-state index >= 15 is 0 Å². The number of azide groups is 2. The van der Waals surface area contributed by atoms with Crippen LogP contribution in [0.2, 0.25) is 0 Å². The number of hydrogen-bond donors (Lipinski definition) is 0. The highest BCUT2D eigenvalue weighted by Gasteiger charge is 2.23. The van der Waals surface area contributed by atoms with Gasteiger partial charge in [0.2, 0.25) is 0 Å². The van der Waals surface area contributed by atoms with Gasteiger partial charge in [0.1, 0.15) is 0 Å². The first-order valence-electron chi connectivity index (χ1n) is 10.6. The summed E-state index contributed by atoms with van der Waals surface area (Å²) < 4.78 is 0. The Morgan fingerprint density at radius 3 is 1.32 bits per heavy atom. The molecule has 0 fully saturated rings. The van der Waals surface area contributed by atoms with Gasteiger partial charge >= 0.3 is 0 Å². The van der Waals surface area contributed by atoms with Crippen molar-refractivity contribution in [2.75, 3.05) is 0 Å². The van der Waals surface area contributed by atoms with Crippen LogP contribution in [0.3, 0.4) is 0 Å². The molecule has 0 atom stereocenters. The number of rotatable bonds is 10. The van der Waals surface area contributed by atoms with Crippen molar-refractivity contribution in [3.05, 3.63) is 132 Å². The molecule has 0 heterocycles. The quantitative estimate of drug-likeness (QED) is 0.0611. The molecule has 0 amide bonds. The zero-order valence-electron chi connectivity index (χ0n) is 19.7. The van der Waals surface area contributed by atoms with Crippen molar-refractivity contribution >= 4 is 58.4 Å². The van der Waals surface area contributed by atoms with Gasteiger partial charge in [-0.15, -0.1) is 0 Å². The first kappa shape index (κ1) is 27.9. The third-order valence-electron chi connectivity index (χ3n) is 5.16. The smallest absolute Gasteiger partial charge is 0.258 e. The topological polar surface area (TPSA) is 270 Å². The van der Waals surface area contributed by atoms with Gasteiger partial charge in [0.15, 0.2) is 0 Å². The molecule has 0 bridgehead atoms. The van der Waals surface area contributed by atoms with Gasteiger partial charge in [-0.3, -0.25) is 40.5 Å². The minimum Gasteiger partial charge on any atom is -0.258 e. The molecule has 0 radical (unpaired) electrons. The summed E-state index contributed by atoms with van der Waals surface area (Å²) >= 11 is 0. The molecule has 0 unspecified atom stereocenters. The number of nitro benzene ring substituents is 4. The van der Waals surface area contributed by atoms with Crippen LogP contribution in [0.15, 0.2) is 58.8 Å². The summed E-state index contributed by atoms with van der Waals surface area (Å²) in [6.07, 6.45) is 5.27. The molecule has 0 aliphatic heterocycles. The second-order valence-corrected chi connectivity index (χ2v) is 7.54. The average Bonchev–Trinajstić information content (AvgIpc) is 2.91. The Bertz CT molecular complexity index is 1570. The van der Waals surface area contributed by atoms with E-state index in [0.717, 1.165) is 24.3 Å². The predicted molar refractivity (Wildman–Crippen MR) is 141 cm³/mol. The number of hydrogen-bond acceptors (Lipinski definition) is 10. The highest BCUT2D eigenvalue weighted by Crippen LogP contribution is 2.37. The van der Waals surface area contributed by atoms with Crippen molar-refractivity contribution in [1.29, 1.82) is 0 Å². The fraction of sp³-hybridized carbons (Fsp3) is 0. The lowest BCUT2D eigenvalue weighted by Gasteiger charge is -2.04. The molecule has 3 aromatic rings. The Balaban J connectivity index is 2.07. The summed E-state index contributed by atoms with van der Waals surface area (Å²) in [7, 11) is 0. The molecule has 40 heavy (non-hydrogen) atoms. The van der Waals surface area contributed by atoms with Crippen LogP contribution in [0.4, 0.5) is 34.1 Å². The van der Waals surface area contributed by atoms with Crippen LogP contribution in [0.5, 0.6) is 0 Å². The minimum atomic E-state index is -0.866. The summed E-state index contributed by atoms with van der Waals surface area (Å²) in [4.78, 5) is 47.0. The molecule has 0 aliphatic carbocycles. The van der Waals surface area contributed by atoms with Crippen LogP contribution in [-0.2, 0) is 0 Å². The SMILES string of the molecule is [N-]=[N+]=Nc1cc([N+](=O)[O-])cc([N+](=O)[O-])c1/C=C/c1cccc(/C=C/c2c(N=[N+]=[N-])cc([N+](=O)[O-])cc2[N+](=O)[O-])c1. The summed E-state index contributed by atoms with van der Waals surface area (Å²) in [6.45, 7) is 0. The maximum atomic E-state index is 11.5. The summed E-state index contributed by atoms with van der Waals surface area (Å²) in [5.41, 5.74) is 14.9. The predicted octanol–water partition coefficient (Wildman–Crippen LogP) is 7.54. The lowest BCUT2D eigenvalue weighted by atomic mass is 10.0. The minimum absolute atomic E-state index is 0.185. The summed E-state index contributed by atoms with van der Waals surface area (Å²) in [6, 6.07) is 9.57. The first-order valence-corrected chi connectivity index (χ1v) is 10.6. The normalized spacial score (nSPS) is 10.6. The van der Waals surface area contributed by atoms with E-state index in [-0.39, 0.29) is 22.5 Å². The van der Waals surface area contributed by atoms with E-state index in [9.17, 15) is 40.5 Å². The third-order valence-corrected chi connectivity index (χ3v) is 5.16. The Kier molecular flexibility index (Phi) is 8.43. The Morgan fingerprint density at radius 2 is 1.00 bits per heavy atom. The van der Waals surface area contributed by atoms with Gasteiger partial charge in [-0.25, -0.2) is 0 Å². The van der Waals surface area contributed by atoms with Gasteiger partial charge in [-0.05, 0) is 40.4 Å². The second-order valence-electron chi connectivity index (χ2n) is 7.54. The molecule has 3 rings (SSSR count). The summed E-state index contributed by atoms with van der Waals surface area (Å²) in [5.74, 6) is 0. The van der Waals surface area contributed by atoms with Crippen molar-refractivity contribution in [3.8, 4) is 0 Å². The van der Waals surface area contributed by atoms with Crippen molar-refractivity contribution in [1.82, 2.24) is 0 Å². The van der Waals surface area contributed by atoms with Crippen LogP contribution in [-0.4, -0.2) is 19.7 Å². The fourth-order valence-electron chi connectivity index (χ4n) is 3.46. The lowest BCUT2D eigenvalue weighted by molar-refractivity contribution is -0.394. The molecule has 0 aliphatic rings. The third kappa shape index (κ3) is 6.37. The van der Waals surface area contributed by atoms with Crippen LogP contribution < -0.4 is 0 Å². The molecule has 0 N–H and O–H groups in total. The van der Waals surface area contributed by atoms with Crippen LogP contribution in [0.25, 0.3) is 45.2 Å². The lowest BCUT2D eigenvalue weighted by Crippen LogP contribution is -1.96. The molecule has 0 spiro atoms. The fourth-order valence-corrected chi connectivity index (χ4v) is 3.46. The molecule has 0 aromatic heterocycles. The van der Waals surface area contributed by atoms with Crippen LogP contribution >= 0.6 is 0 Å². The number of nitrogens with zero attached hydrogens (tertiary/aromatic N) is 10. The highest BCUT2D eigenvalue weighted by atomic mass is 16.6. The molecule has 0 saturated carbocycles. The van der Waals surface area contributed by atoms with Gasteiger partial charge in [0.25, 0.3) is 22.7 Å². The Hall–Kier alpha value is -6.64. The molecule has 3 aromatic carbocycles. The van der Waals surface area contributed by atoms with Gasteiger partial charge in [-0.2, -0.15) is 0 Å². The summed E-state index contributed by atoms with van der Waals surface area (Å²) in [5, 5.41) is 52.0. The largest absolute Gasteiger partial charge is 0.283 e. The van der Waals surface area contributed by atoms with Crippen LogP contribution in [0.1, 0.15) is 22.3 Å². The molecule has 18 nitrogen and oxygen atoms in total. The van der Waals surface area contributed by atoms with Gasteiger partial charge in [-0.1, -0.05) is 40.6 Å². The monoisotopic (exact) mass is 544 g/mol. The highest BCUT2D eigenvalue weighted by molar-refractivity contribution is 5.85. The van der Waals surface area contributed by atoms with Crippen molar-refractivity contribution < 1.29 is 19.7 Å². The number of non-ortho nitro benzene ring substituents is 2. The molecule has 198 valence electrons. The van der Waals surface area contributed by atoms with Gasteiger partial charge in [0, 0.05) is 22.0 Å². The molecular formula is C22H12N10O8. The van der Waals surface area contributed by atoms with Crippen molar-refractivity contribution in [2.45, 2.75) is 0 Å². The van der Waals surface area contributed by atoms with E-state index in [4.69, 9.17) is 11.1 Å². The van der Waals surface area contributed by atoms with Gasteiger partial charge in [0.05, 0.1) is 54.3 Å². The zero-order valence-corrected chi connectivity index (χ0v) is 19.7. The van der Waals surface area contributed by atoms with E-state index in [1.165, 1.54) is 24.3 Å². The molecule has 18 heteroatoms. The maximum Gasteiger partial charge on any atom is 0.283 e. The van der Waals surface area contributed by atoms with E-state index in [1.54, 1.807) is 24.3 Å². The van der Waals surface area contributed by atoms with E-state index < -0.39 is 42.4 Å². The standard InChI is InChI=1S/C22H12N10O8/c23-27-25-19-9-15(29(33)34)11-21(31(37)38)17(19)6-4-13-2-1-3-14(8-13)5-7-18-20(26-28-24)10-16(30(35)36)12-22(18)32(39)40/h1-12H/b6-4+,7-5+. The van der Waals surface area contributed by atoms with Gasteiger partial charge < -0.3 is 0 Å². The molecular weight excluding hydrogens is 532 g/mol. The van der Waals surface area contributed by atoms with Crippen molar-refractivity contribution in [2.24, 2.45) is 10.2 Å². The van der Waals surface area contributed by atoms with E-state index in [0.29, 0.717) is 11.1 Å². The van der Waals surface area contributed by atoms with E-state index in [1.807, 2.05) is 0 Å². The molecule has 0 saturated heterocycles.